The summed E-state index contributed by atoms with van der Waals surface area (Å²) in [5.41, 5.74) is 1.60. The molecule has 0 radical (unpaired) electrons. The molecule has 2 N–H and O–H groups in total. The van der Waals surface area contributed by atoms with Crippen molar-refractivity contribution in [2.24, 2.45) is 0 Å². The van der Waals surface area contributed by atoms with Crippen molar-refractivity contribution < 1.29 is 23.1 Å². The molecule has 8 heteroatoms. The predicted octanol–water partition coefficient (Wildman–Crippen LogP) is 3.59. The number of aliphatic carboxylic acids is 1. The van der Waals surface area contributed by atoms with E-state index in [0.29, 0.717) is 18.6 Å². The summed E-state index contributed by atoms with van der Waals surface area (Å²) in [6.07, 6.45) is 3.14. The minimum absolute atomic E-state index is 0.179. The Bertz CT molecular complexity index is 1090. The summed E-state index contributed by atoms with van der Waals surface area (Å²) in [7, 11) is -3.75. The van der Waals surface area contributed by atoms with Gasteiger partial charge >= 0.3 is 5.97 Å². The zero-order chi connectivity index (χ0) is 22.3. The first-order valence-corrected chi connectivity index (χ1v) is 11.3. The molecule has 3 rings (SSSR count). The van der Waals surface area contributed by atoms with Crippen LogP contribution in [0.15, 0.2) is 84.0 Å². The number of carboxylic acids is 1. The Morgan fingerprint density at radius 3 is 2.35 bits per heavy atom. The van der Waals surface area contributed by atoms with Gasteiger partial charge in [-0.1, -0.05) is 43.3 Å². The van der Waals surface area contributed by atoms with E-state index in [1.165, 1.54) is 12.1 Å². The molecular weight excluding hydrogens is 416 g/mol. The number of carbonyl (C=O) groups is 1. The Labute approximate surface area is 181 Å². The summed E-state index contributed by atoms with van der Waals surface area (Å²) in [4.78, 5) is 15.5. The van der Waals surface area contributed by atoms with E-state index < -0.39 is 28.1 Å². The van der Waals surface area contributed by atoms with Gasteiger partial charge in [0.1, 0.15) is 5.75 Å². The standard InChI is InChI=1S/C23H24N2O5S/c1-2-22(23(26)27)30-19-12-10-18(11-13-19)21(15-17-7-6-14-24-16-17)25-31(28,29)20-8-4-3-5-9-20/h3-14,16,21-22,25H,2,15H2,1H3,(H,26,27). The smallest absolute Gasteiger partial charge is 0.344 e. The van der Waals surface area contributed by atoms with Crippen LogP contribution in [0.4, 0.5) is 0 Å². The predicted molar refractivity (Wildman–Crippen MR) is 116 cm³/mol. The summed E-state index contributed by atoms with van der Waals surface area (Å²) in [6, 6.07) is 18.1. The fourth-order valence-electron chi connectivity index (χ4n) is 3.09. The van der Waals surface area contributed by atoms with Crippen LogP contribution in [0.25, 0.3) is 0 Å². The largest absolute Gasteiger partial charge is 0.479 e. The SMILES string of the molecule is CCC(Oc1ccc(C(Cc2cccnc2)NS(=O)(=O)c2ccccc2)cc1)C(=O)O. The molecule has 0 aliphatic rings. The number of rotatable bonds is 10. The summed E-state index contributed by atoms with van der Waals surface area (Å²) >= 11 is 0. The van der Waals surface area contributed by atoms with Gasteiger partial charge in [0.2, 0.25) is 10.0 Å². The van der Waals surface area contributed by atoms with E-state index in [0.717, 1.165) is 11.1 Å². The monoisotopic (exact) mass is 440 g/mol. The average molecular weight is 441 g/mol. The lowest BCUT2D eigenvalue weighted by Gasteiger charge is -2.20. The Balaban J connectivity index is 1.86. The molecule has 2 atom stereocenters. The Morgan fingerprint density at radius 2 is 1.77 bits per heavy atom. The maximum atomic E-state index is 12.9. The lowest BCUT2D eigenvalue weighted by atomic mass is 10.0. The molecule has 7 nitrogen and oxygen atoms in total. The van der Waals surface area contributed by atoms with E-state index in [1.807, 2.05) is 6.07 Å². The van der Waals surface area contributed by atoms with Crippen molar-refractivity contribution in [3.63, 3.8) is 0 Å². The molecule has 0 spiro atoms. The van der Waals surface area contributed by atoms with Gasteiger partial charge in [-0.15, -0.1) is 0 Å². The highest BCUT2D eigenvalue weighted by Crippen LogP contribution is 2.24. The van der Waals surface area contributed by atoms with Crippen molar-refractivity contribution in [1.82, 2.24) is 9.71 Å². The van der Waals surface area contributed by atoms with Crippen LogP contribution in [0.2, 0.25) is 0 Å². The zero-order valence-electron chi connectivity index (χ0n) is 17.0. The molecule has 162 valence electrons. The van der Waals surface area contributed by atoms with E-state index in [4.69, 9.17) is 9.84 Å². The van der Waals surface area contributed by atoms with Gasteiger partial charge in [-0.05, 0) is 54.3 Å². The van der Waals surface area contributed by atoms with E-state index in [2.05, 4.69) is 9.71 Å². The van der Waals surface area contributed by atoms with Crippen LogP contribution in [-0.2, 0) is 21.2 Å². The number of pyridine rings is 1. The quantitative estimate of drug-likeness (QED) is 0.499. The van der Waals surface area contributed by atoms with Crippen LogP contribution in [0.1, 0.15) is 30.5 Å². The molecule has 0 fully saturated rings. The molecule has 0 aliphatic heterocycles. The fraction of sp³-hybridized carbons (Fsp3) is 0.217. The number of hydrogen-bond donors (Lipinski definition) is 2. The second kappa shape index (κ2) is 10.2. The van der Waals surface area contributed by atoms with Crippen LogP contribution in [0, 0.1) is 0 Å². The van der Waals surface area contributed by atoms with E-state index >= 15 is 0 Å². The Kier molecular flexibility index (Phi) is 7.38. The van der Waals surface area contributed by atoms with Crippen molar-refractivity contribution in [3.8, 4) is 5.75 Å². The minimum atomic E-state index is -3.75. The normalized spacial score (nSPS) is 13.3. The van der Waals surface area contributed by atoms with E-state index in [9.17, 15) is 13.2 Å². The maximum Gasteiger partial charge on any atom is 0.344 e. The van der Waals surface area contributed by atoms with Gasteiger partial charge in [0.05, 0.1) is 10.9 Å². The van der Waals surface area contributed by atoms with Crippen molar-refractivity contribution in [2.75, 3.05) is 0 Å². The third kappa shape index (κ3) is 6.13. The van der Waals surface area contributed by atoms with E-state index in [-0.39, 0.29) is 4.90 Å². The molecule has 1 heterocycles. The number of hydrogen-bond acceptors (Lipinski definition) is 5. The molecule has 31 heavy (non-hydrogen) atoms. The first kappa shape index (κ1) is 22.5. The number of ether oxygens (including phenoxy) is 1. The van der Waals surface area contributed by atoms with Gasteiger partial charge < -0.3 is 9.84 Å². The molecule has 0 amide bonds. The number of nitrogens with zero attached hydrogens (tertiary/aromatic N) is 1. The van der Waals surface area contributed by atoms with Gasteiger partial charge in [0.15, 0.2) is 6.10 Å². The van der Waals surface area contributed by atoms with Gasteiger partial charge in [0, 0.05) is 12.4 Å². The summed E-state index contributed by atoms with van der Waals surface area (Å²) < 4.78 is 34.1. The third-order valence-electron chi connectivity index (χ3n) is 4.72. The van der Waals surface area contributed by atoms with Crippen LogP contribution >= 0.6 is 0 Å². The summed E-state index contributed by atoms with van der Waals surface area (Å²) in [6.45, 7) is 1.73. The molecule has 2 unspecified atom stereocenters. The highest BCUT2D eigenvalue weighted by Gasteiger charge is 2.22. The molecule has 0 saturated carbocycles. The van der Waals surface area contributed by atoms with Crippen LogP contribution in [0.3, 0.4) is 0 Å². The molecule has 1 aromatic heterocycles. The second-order valence-electron chi connectivity index (χ2n) is 6.97. The molecule has 0 aliphatic carbocycles. The Hall–Kier alpha value is -3.23. The summed E-state index contributed by atoms with van der Waals surface area (Å²) in [5.74, 6) is -0.624. The van der Waals surface area contributed by atoms with E-state index in [1.54, 1.807) is 67.8 Å². The van der Waals surface area contributed by atoms with Crippen molar-refractivity contribution in [2.45, 2.75) is 36.8 Å². The molecular formula is C23H24N2O5S. The number of benzene rings is 2. The van der Waals surface area contributed by atoms with Crippen molar-refractivity contribution >= 4 is 16.0 Å². The van der Waals surface area contributed by atoms with Crippen LogP contribution in [-0.4, -0.2) is 30.6 Å². The minimum Gasteiger partial charge on any atom is -0.479 e. The van der Waals surface area contributed by atoms with Crippen LogP contribution < -0.4 is 9.46 Å². The second-order valence-corrected chi connectivity index (χ2v) is 8.69. The topological polar surface area (TPSA) is 106 Å². The first-order valence-electron chi connectivity index (χ1n) is 9.84. The van der Waals surface area contributed by atoms with Crippen molar-refractivity contribution in [1.29, 1.82) is 0 Å². The molecule has 2 aromatic carbocycles. The average Bonchev–Trinajstić information content (AvgIpc) is 2.78. The highest BCUT2D eigenvalue weighted by atomic mass is 32.2. The first-order chi connectivity index (χ1) is 14.9. The highest BCUT2D eigenvalue weighted by molar-refractivity contribution is 7.89. The zero-order valence-corrected chi connectivity index (χ0v) is 17.8. The lowest BCUT2D eigenvalue weighted by molar-refractivity contribution is -0.145. The van der Waals surface area contributed by atoms with Gasteiger partial charge in [-0.25, -0.2) is 17.9 Å². The number of carboxylic acid groups (broad SMARTS) is 1. The van der Waals surface area contributed by atoms with Crippen molar-refractivity contribution in [3.05, 3.63) is 90.3 Å². The van der Waals surface area contributed by atoms with Gasteiger partial charge in [-0.2, -0.15) is 0 Å². The number of aromatic nitrogens is 1. The molecule has 3 aromatic rings. The maximum absolute atomic E-state index is 12.9. The number of sulfonamides is 1. The van der Waals surface area contributed by atoms with Crippen LogP contribution in [0.5, 0.6) is 5.75 Å². The Morgan fingerprint density at radius 1 is 1.06 bits per heavy atom. The lowest BCUT2D eigenvalue weighted by Crippen LogP contribution is -2.30. The number of nitrogens with one attached hydrogen (secondary N) is 1. The van der Waals surface area contributed by atoms with Gasteiger partial charge in [0.25, 0.3) is 0 Å². The molecule has 0 bridgehead atoms. The molecule has 0 saturated heterocycles. The third-order valence-corrected chi connectivity index (χ3v) is 6.21. The summed E-state index contributed by atoms with van der Waals surface area (Å²) in [5, 5.41) is 9.17. The fourth-order valence-corrected chi connectivity index (χ4v) is 4.33. The van der Waals surface area contributed by atoms with Gasteiger partial charge in [-0.3, -0.25) is 4.98 Å².